The van der Waals surface area contributed by atoms with Crippen LogP contribution in [0.5, 0.6) is 0 Å². The van der Waals surface area contributed by atoms with Gasteiger partial charge in [0.2, 0.25) is 5.91 Å². The summed E-state index contributed by atoms with van der Waals surface area (Å²) in [6.07, 6.45) is -0.0137. The zero-order valence-corrected chi connectivity index (χ0v) is 11.4. The van der Waals surface area contributed by atoms with Crippen molar-refractivity contribution >= 4 is 22.7 Å². The maximum atomic E-state index is 13.5. The second-order valence-electron chi connectivity index (χ2n) is 4.73. The van der Waals surface area contributed by atoms with Crippen LogP contribution in [-0.2, 0) is 11.2 Å². The Morgan fingerprint density at radius 1 is 1.29 bits per heavy atom. The summed E-state index contributed by atoms with van der Waals surface area (Å²) in [5, 5.41) is 2.73. The Kier molecular flexibility index (Phi) is 3.39. The van der Waals surface area contributed by atoms with Gasteiger partial charge < -0.3 is 9.73 Å². The van der Waals surface area contributed by atoms with Gasteiger partial charge in [-0.2, -0.15) is 0 Å². The van der Waals surface area contributed by atoms with Crippen LogP contribution in [0.2, 0.25) is 0 Å². The van der Waals surface area contributed by atoms with E-state index >= 15 is 0 Å². The first-order chi connectivity index (χ1) is 10.1. The first-order valence-corrected chi connectivity index (χ1v) is 6.52. The highest BCUT2D eigenvalue weighted by molar-refractivity contribution is 5.94. The van der Waals surface area contributed by atoms with Crippen LogP contribution in [0.3, 0.4) is 0 Å². The molecule has 0 aliphatic rings. The number of rotatable bonds is 3. The van der Waals surface area contributed by atoms with Gasteiger partial charge in [-0.25, -0.2) is 9.37 Å². The Morgan fingerprint density at radius 2 is 2.10 bits per heavy atom. The van der Waals surface area contributed by atoms with Crippen molar-refractivity contribution in [3.8, 4) is 0 Å². The van der Waals surface area contributed by atoms with Crippen molar-refractivity contribution in [1.29, 1.82) is 0 Å². The molecule has 5 heteroatoms. The van der Waals surface area contributed by atoms with Crippen LogP contribution < -0.4 is 5.32 Å². The lowest BCUT2D eigenvalue weighted by atomic mass is 10.1. The van der Waals surface area contributed by atoms with Crippen molar-refractivity contribution in [3.05, 3.63) is 59.7 Å². The fourth-order valence-corrected chi connectivity index (χ4v) is 2.14. The average molecular weight is 284 g/mol. The molecule has 0 fully saturated rings. The number of hydrogen-bond acceptors (Lipinski definition) is 3. The van der Waals surface area contributed by atoms with E-state index in [-0.39, 0.29) is 18.1 Å². The molecule has 0 aliphatic heterocycles. The van der Waals surface area contributed by atoms with E-state index in [1.165, 1.54) is 6.07 Å². The number of aryl methyl sites for hydroxylation is 1. The minimum Gasteiger partial charge on any atom is -0.441 e. The third-order valence-electron chi connectivity index (χ3n) is 3.09. The van der Waals surface area contributed by atoms with Crippen LogP contribution >= 0.6 is 0 Å². The fourth-order valence-electron chi connectivity index (χ4n) is 2.14. The van der Waals surface area contributed by atoms with E-state index in [0.29, 0.717) is 22.7 Å². The van der Waals surface area contributed by atoms with E-state index in [1.807, 2.05) is 0 Å². The van der Waals surface area contributed by atoms with Crippen molar-refractivity contribution in [2.75, 3.05) is 5.32 Å². The van der Waals surface area contributed by atoms with Crippen molar-refractivity contribution in [1.82, 2.24) is 4.98 Å². The number of oxazole rings is 1. The molecule has 2 aromatic carbocycles. The molecule has 3 aromatic rings. The van der Waals surface area contributed by atoms with Gasteiger partial charge in [-0.3, -0.25) is 4.79 Å². The van der Waals surface area contributed by atoms with Crippen LogP contribution in [0.25, 0.3) is 11.1 Å². The number of benzene rings is 2. The van der Waals surface area contributed by atoms with Crippen molar-refractivity contribution in [2.24, 2.45) is 0 Å². The minimum atomic E-state index is -0.381. The summed E-state index contributed by atoms with van der Waals surface area (Å²) in [5.41, 5.74) is 2.31. The number of nitrogens with one attached hydrogen (secondary N) is 1. The number of aromatic nitrogens is 1. The Labute approximate surface area is 120 Å². The molecule has 106 valence electrons. The summed E-state index contributed by atoms with van der Waals surface area (Å²) >= 11 is 0. The highest BCUT2D eigenvalue weighted by atomic mass is 19.1. The molecule has 0 aliphatic carbocycles. The molecule has 4 nitrogen and oxygen atoms in total. The van der Waals surface area contributed by atoms with Crippen LogP contribution in [-0.4, -0.2) is 10.9 Å². The number of amides is 1. The highest BCUT2D eigenvalue weighted by Crippen LogP contribution is 2.20. The van der Waals surface area contributed by atoms with E-state index in [4.69, 9.17) is 4.42 Å². The number of carbonyl (C=O) groups is 1. The lowest BCUT2D eigenvalue weighted by Crippen LogP contribution is -2.15. The van der Waals surface area contributed by atoms with Gasteiger partial charge in [0.25, 0.3) is 0 Å². The Balaban J connectivity index is 1.75. The largest absolute Gasteiger partial charge is 0.441 e. The molecule has 0 saturated carbocycles. The third kappa shape index (κ3) is 2.91. The molecule has 1 heterocycles. The number of halogens is 1. The summed E-state index contributed by atoms with van der Waals surface area (Å²) in [4.78, 5) is 16.1. The van der Waals surface area contributed by atoms with Gasteiger partial charge in [0.05, 0.1) is 6.42 Å². The topological polar surface area (TPSA) is 55.1 Å². The minimum absolute atomic E-state index is 0.0137. The number of anilines is 1. The molecule has 0 bridgehead atoms. The average Bonchev–Trinajstić information content (AvgIpc) is 2.80. The molecule has 1 amide bonds. The Bertz CT molecular complexity index is 811. The lowest BCUT2D eigenvalue weighted by molar-refractivity contribution is -0.115. The molecule has 1 aromatic heterocycles. The summed E-state index contributed by atoms with van der Waals surface area (Å²) < 4.78 is 18.9. The monoisotopic (exact) mass is 284 g/mol. The highest BCUT2D eigenvalue weighted by Gasteiger charge is 2.09. The van der Waals surface area contributed by atoms with E-state index in [1.54, 1.807) is 43.3 Å². The van der Waals surface area contributed by atoms with Crippen molar-refractivity contribution < 1.29 is 13.6 Å². The van der Waals surface area contributed by atoms with Crippen LogP contribution in [0.15, 0.2) is 46.9 Å². The predicted octanol–water partition coefficient (Wildman–Crippen LogP) is 3.46. The van der Waals surface area contributed by atoms with Crippen molar-refractivity contribution in [3.63, 3.8) is 0 Å². The van der Waals surface area contributed by atoms with Gasteiger partial charge in [0.15, 0.2) is 11.5 Å². The van der Waals surface area contributed by atoms with Gasteiger partial charge >= 0.3 is 0 Å². The number of hydrogen-bond donors (Lipinski definition) is 1. The van der Waals surface area contributed by atoms with E-state index in [9.17, 15) is 9.18 Å². The van der Waals surface area contributed by atoms with Crippen LogP contribution in [0.1, 0.15) is 11.5 Å². The van der Waals surface area contributed by atoms with Gasteiger partial charge in [-0.05, 0) is 23.8 Å². The maximum Gasteiger partial charge on any atom is 0.228 e. The molecule has 0 saturated heterocycles. The lowest BCUT2D eigenvalue weighted by Gasteiger charge is -2.05. The molecule has 1 N–H and O–H groups in total. The zero-order chi connectivity index (χ0) is 14.8. The molecule has 0 spiro atoms. The number of nitrogens with zero attached hydrogens (tertiary/aromatic N) is 1. The molecular formula is C16H13FN2O2. The quantitative estimate of drug-likeness (QED) is 0.801. The fraction of sp³-hybridized carbons (Fsp3) is 0.125. The Hall–Kier alpha value is -2.69. The second kappa shape index (κ2) is 5.36. The van der Waals surface area contributed by atoms with Crippen molar-refractivity contribution in [2.45, 2.75) is 13.3 Å². The zero-order valence-electron chi connectivity index (χ0n) is 11.4. The normalized spacial score (nSPS) is 10.8. The third-order valence-corrected chi connectivity index (χ3v) is 3.09. The van der Waals surface area contributed by atoms with E-state index in [0.717, 1.165) is 5.52 Å². The molecule has 3 rings (SSSR count). The van der Waals surface area contributed by atoms with E-state index < -0.39 is 0 Å². The molecular weight excluding hydrogens is 271 g/mol. The van der Waals surface area contributed by atoms with E-state index in [2.05, 4.69) is 10.3 Å². The number of carbonyl (C=O) groups excluding carboxylic acids is 1. The molecule has 0 atom stereocenters. The SMILES string of the molecule is Cc1nc2ccc(NC(=O)Cc3ccccc3F)cc2o1. The summed E-state index contributed by atoms with van der Waals surface area (Å²) in [6.45, 7) is 1.76. The second-order valence-corrected chi connectivity index (χ2v) is 4.73. The Morgan fingerprint density at radius 3 is 2.90 bits per heavy atom. The standard InChI is InChI=1S/C16H13FN2O2/c1-10-18-14-7-6-12(9-15(14)21-10)19-16(20)8-11-4-2-3-5-13(11)17/h2-7,9H,8H2,1H3,(H,19,20). The summed E-state index contributed by atoms with van der Waals surface area (Å²) in [7, 11) is 0. The first-order valence-electron chi connectivity index (χ1n) is 6.52. The first kappa shape index (κ1) is 13.3. The number of fused-ring (bicyclic) bond motifs is 1. The van der Waals surface area contributed by atoms with Gasteiger partial charge in [-0.1, -0.05) is 18.2 Å². The molecule has 0 unspecified atom stereocenters. The smallest absolute Gasteiger partial charge is 0.228 e. The summed E-state index contributed by atoms with van der Waals surface area (Å²) in [5.74, 6) is -0.0931. The molecule has 0 radical (unpaired) electrons. The molecule has 21 heavy (non-hydrogen) atoms. The van der Waals surface area contributed by atoms with Gasteiger partial charge in [-0.15, -0.1) is 0 Å². The van der Waals surface area contributed by atoms with Crippen LogP contribution in [0.4, 0.5) is 10.1 Å². The van der Waals surface area contributed by atoms with Gasteiger partial charge in [0, 0.05) is 18.7 Å². The van der Waals surface area contributed by atoms with Gasteiger partial charge in [0.1, 0.15) is 11.3 Å². The predicted molar refractivity (Wildman–Crippen MR) is 77.5 cm³/mol. The van der Waals surface area contributed by atoms with Crippen LogP contribution in [0, 0.1) is 12.7 Å². The summed E-state index contributed by atoms with van der Waals surface area (Å²) in [6, 6.07) is 11.4. The maximum absolute atomic E-state index is 13.5.